The second kappa shape index (κ2) is 5.31. The molecule has 0 bridgehead atoms. The SMILES string of the molecule is CCn1nc2nc(-c3cn[nH]c3)cc(-c3ccncc3)c2c1C. The highest BCUT2D eigenvalue weighted by Crippen LogP contribution is 2.33. The van der Waals surface area contributed by atoms with Crippen LogP contribution in [-0.4, -0.2) is 29.9 Å². The minimum absolute atomic E-state index is 0.759. The Balaban J connectivity index is 2.06. The molecule has 0 saturated heterocycles. The molecular weight excluding hydrogens is 288 g/mol. The number of hydrogen-bond donors (Lipinski definition) is 1. The van der Waals surface area contributed by atoms with Crippen molar-refractivity contribution >= 4 is 11.0 Å². The minimum Gasteiger partial charge on any atom is -0.285 e. The number of aryl methyl sites for hydroxylation is 2. The molecule has 4 rings (SSSR count). The fourth-order valence-corrected chi connectivity index (χ4v) is 2.88. The summed E-state index contributed by atoms with van der Waals surface area (Å²) in [4.78, 5) is 8.84. The van der Waals surface area contributed by atoms with E-state index in [1.807, 2.05) is 23.0 Å². The highest BCUT2D eigenvalue weighted by atomic mass is 15.3. The average Bonchev–Trinajstić information content (AvgIpc) is 3.23. The topological polar surface area (TPSA) is 72.3 Å². The third kappa shape index (κ3) is 2.19. The van der Waals surface area contributed by atoms with Crippen LogP contribution in [0.1, 0.15) is 12.6 Å². The molecule has 0 aromatic carbocycles. The van der Waals surface area contributed by atoms with Gasteiger partial charge in [-0.05, 0) is 43.2 Å². The van der Waals surface area contributed by atoms with Gasteiger partial charge in [0.05, 0.1) is 11.9 Å². The van der Waals surface area contributed by atoms with Gasteiger partial charge in [0.25, 0.3) is 0 Å². The van der Waals surface area contributed by atoms with Crippen molar-refractivity contribution in [3.8, 4) is 22.4 Å². The van der Waals surface area contributed by atoms with Crippen molar-refractivity contribution in [1.82, 2.24) is 29.9 Å². The van der Waals surface area contributed by atoms with Crippen LogP contribution in [0.15, 0.2) is 43.0 Å². The first-order valence-electron chi connectivity index (χ1n) is 7.55. The van der Waals surface area contributed by atoms with Crippen molar-refractivity contribution in [2.45, 2.75) is 20.4 Å². The second-order valence-electron chi connectivity index (χ2n) is 5.38. The fourth-order valence-electron chi connectivity index (χ4n) is 2.88. The Hall–Kier alpha value is -3.02. The van der Waals surface area contributed by atoms with Gasteiger partial charge in [-0.1, -0.05) is 0 Å². The number of nitrogens with zero attached hydrogens (tertiary/aromatic N) is 5. The molecule has 0 unspecified atom stereocenters. The number of fused-ring (bicyclic) bond motifs is 1. The van der Waals surface area contributed by atoms with Crippen LogP contribution in [0.4, 0.5) is 0 Å². The first-order valence-corrected chi connectivity index (χ1v) is 7.55. The van der Waals surface area contributed by atoms with Crippen molar-refractivity contribution < 1.29 is 0 Å². The van der Waals surface area contributed by atoms with Gasteiger partial charge in [0.15, 0.2) is 5.65 Å². The maximum absolute atomic E-state index is 4.73. The van der Waals surface area contributed by atoms with Gasteiger partial charge in [-0.25, -0.2) is 4.98 Å². The zero-order valence-electron chi connectivity index (χ0n) is 13.0. The largest absolute Gasteiger partial charge is 0.285 e. The van der Waals surface area contributed by atoms with Crippen LogP contribution >= 0.6 is 0 Å². The summed E-state index contributed by atoms with van der Waals surface area (Å²) in [5.74, 6) is 0. The maximum Gasteiger partial charge on any atom is 0.182 e. The van der Waals surface area contributed by atoms with Gasteiger partial charge in [-0.3, -0.25) is 14.8 Å². The molecule has 0 atom stereocenters. The number of pyridine rings is 2. The van der Waals surface area contributed by atoms with Crippen LogP contribution in [0.3, 0.4) is 0 Å². The molecule has 0 spiro atoms. The number of H-pyrrole nitrogens is 1. The van der Waals surface area contributed by atoms with Crippen molar-refractivity contribution in [3.63, 3.8) is 0 Å². The molecule has 4 aromatic rings. The third-order valence-electron chi connectivity index (χ3n) is 4.05. The van der Waals surface area contributed by atoms with Crippen LogP contribution in [0, 0.1) is 6.92 Å². The van der Waals surface area contributed by atoms with Crippen LogP contribution < -0.4 is 0 Å². The van der Waals surface area contributed by atoms with Gasteiger partial charge in [0.1, 0.15) is 0 Å². The van der Waals surface area contributed by atoms with Crippen LogP contribution in [0.5, 0.6) is 0 Å². The van der Waals surface area contributed by atoms with E-state index in [9.17, 15) is 0 Å². The molecule has 6 nitrogen and oxygen atoms in total. The van der Waals surface area contributed by atoms with Crippen molar-refractivity contribution in [2.75, 3.05) is 0 Å². The standard InChI is InChI=1S/C17H16N6/c1-3-23-11(2)16-14(12-4-6-18-7-5-12)8-15(21-17(16)22-23)13-9-19-20-10-13/h4-10H,3H2,1-2H3,(H,19,20). The number of rotatable bonds is 3. The summed E-state index contributed by atoms with van der Waals surface area (Å²) < 4.78 is 1.99. The van der Waals surface area contributed by atoms with E-state index in [4.69, 9.17) is 4.98 Å². The highest BCUT2D eigenvalue weighted by molar-refractivity contribution is 5.96. The Kier molecular flexibility index (Phi) is 3.15. The molecule has 0 fully saturated rings. The molecule has 114 valence electrons. The van der Waals surface area contributed by atoms with Crippen molar-refractivity contribution in [1.29, 1.82) is 0 Å². The summed E-state index contributed by atoms with van der Waals surface area (Å²) in [6.45, 7) is 4.99. The Morgan fingerprint density at radius 2 is 2.00 bits per heavy atom. The van der Waals surface area contributed by atoms with Gasteiger partial charge in [0, 0.05) is 41.8 Å². The predicted octanol–water partition coefficient (Wildman–Crippen LogP) is 3.21. The Morgan fingerprint density at radius 1 is 1.17 bits per heavy atom. The van der Waals surface area contributed by atoms with E-state index in [1.165, 1.54) is 0 Å². The molecule has 1 N–H and O–H groups in total. The zero-order chi connectivity index (χ0) is 15.8. The average molecular weight is 304 g/mol. The van der Waals surface area contributed by atoms with Crippen molar-refractivity contribution in [3.05, 3.63) is 48.7 Å². The monoisotopic (exact) mass is 304 g/mol. The van der Waals surface area contributed by atoms with Gasteiger partial charge in [0.2, 0.25) is 0 Å². The zero-order valence-corrected chi connectivity index (χ0v) is 13.0. The lowest BCUT2D eigenvalue weighted by molar-refractivity contribution is 0.646. The predicted molar refractivity (Wildman–Crippen MR) is 88.8 cm³/mol. The first kappa shape index (κ1) is 13.6. The molecule has 4 aromatic heterocycles. The van der Waals surface area contributed by atoms with E-state index in [2.05, 4.69) is 40.2 Å². The lowest BCUT2D eigenvalue weighted by atomic mass is 10.0. The van der Waals surface area contributed by atoms with E-state index >= 15 is 0 Å². The third-order valence-corrected chi connectivity index (χ3v) is 4.05. The molecule has 0 aliphatic carbocycles. The molecule has 0 aliphatic rings. The molecule has 4 heterocycles. The van der Waals surface area contributed by atoms with E-state index in [1.54, 1.807) is 18.6 Å². The molecule has 0 saturated carbocycles. The van der Waals surface area contributed by atoms with Crippen LogP contribution in [0.25, 0.3) is 33.4 Å². The lowest BCUT2D eigenvalue weighted by Gasteiger charge is -2.07. The molecule has 23 heavy (non-hydrogen) atoms. The summed E-state index contributed by atoms with van der Waals surface area (Å²) in [5, 5.41) is 12.6. The fraction of sp³-hybridized carbons (Fsp3) is 0.176. The smallest absolute Gasteiger partial charge is 0.182 e. The Morgan fingerprint density at radius 3 is 2.70 bits per heavy atom. The van der Waals surface area contributed by atoms with Gasteiger partial charge in [-0.15, -0.1) is 0 Å². The molecule has 0 radical (unpaired) electrons. The Bertz CT molecular complexity index is 954. The highest BCUT2D eigenvalue weighted by Gasteiger charge is 2.16. The summed E-state index contributed by atoms with van der Waals surface area (Å²) >= 11 is 0. The summed E-state index contributed by atoms with van der Waals surface area (Å²) in [6, 6.07) is 6.12. The molecule has 0 amide bonds. The quantitative estimate of drug-likeness (QED) is 0.631. The number of nitrogens with one attached hydrogen (secondary N) is 1. The van der Waals surface area contributed by atoms with Crippen LogP contribution in [0.2, 0.25) is 0 Å². The van der Waals surface area contributed by atoms with E-state index in [0.29, 0.717) is 0 Å². The van der Waals surface area contributed by atoms with Gasteiger partial charge < -0.3 is 0 Å². The van der Waals surface area contributed by atoms with Crippen molar-refractivity contribution in [2.24, 2.45) is 0 Å². The van der Waals surface area contributed by atoms with Gasteiger partial charge >= 0.3 is 0 Å². The van der Waals surface area contributed by atoms with E-state index in [0.717, 1.165) is 45.7 Å². The first-order chi connectivity index (χ1) is 11.3. The summed E-state index contributed by atoms with van der Waals surface area (Å²) in [7, 11) is 0. The Labute approximate surface area is 133 Å². The molecule has 0 aliphatic heterocycles. The maximum atomic E-state index is 4.73. The van der Waals surface area contributed by atoms with E-state index in [-0.39, 0.29) is 0 Å². The molecule has 6 heteroatoms. The summed E-state index contributed by atoms with van der Waals surface area (Å²) in [6.07, 6.45) is 7.22. The number of aromatic nitrogens is 6. The van der Waals surface area contributed by atoms with E-state index < -0.39 is 0 Å². The lowest BCUT2D eigenvalue weighted by Crippen LogP contribution is -1.98. The number of aromatic amines is 1. The normalized spacial score (nSPS) is 11.2. The second-order valence-corrected chi connectivity index (χ2v) is 5.38. The summed E-state index contributed by atoms with van der Waals surface area (Å²) in [5.41, 5.74) is 5.92. The minimum atomic E-state index is 0.759. The number of hydrogen-bond acceptors (Lipinski definition) is 4. The van der Waals surface area contributed by atoms with Gasteiger partial charge in [-0.2, -0.15) is 10.2 Å². The van der Waals surface area contributed by atoms with Crippen LogP contribution in [-0.2, 0) is 6.54 Å². The molecular formula is C17H16N6.